The summed E-state index contributed by atoms with van der Waals surface area (Å²) < 4.78 is 13.5. The highest BCUT2D eigenvalue weighted by molar-refractivity contribution is 6.30. The van der Waals surface area contributed by atoms with E-state index in [1.165, 1.54) is 12.1 Å². The first-order valence-corrected chi connectivity index (χ1v) is 7.64. The number of rotatable bonds is 5. The summed E-state index contributed by atoms with van der Waals surface area (Å²) in [5, 5.41) is 14.8. The summed E-state index contributed by atoms with van der Waals surface area (Å²) in [5.41, 5.74) is 2.14. The molecule has 1 unspecified atom stereocenters. The summed E-state index contributed by atoms with van der Waals surface area (Å²) in [6, 6.07) is 10.4. The zero-order chi connectivity index (χ0) is 16.8. The fourth-order valence-corrected chi connectivity index (χ4v) is 2.35. The third-order valence-corrected chi connectivity index (χ3v) is 3.79. The van der Waals surface area contributed by atoms with Gasteiger partial charge in [-0.15, -0.1) is 0 Å². The third-order valence-electron chi connectivity index (χ3n) is 3.48. The number of amides is 2. The summed E-state index contributed by atoms with van der Waals surface area (Å²) in [7, 11) is 0. The summed E-state index contributed by atoms with van der Waals surface area (Å²) in [6.07, 6.45) is 0.780. The number of aliphatic hydroxyl groups excluding tert-OH is 1. The van der Waals surface area contributed by atoms with Crippen molar-refractivity contribution < 1.29 is 14.3 Å². The lowest BCUT2D eigenvalue weighted by Crippen LogP contribution is -2.34. The maximum absolute atomic E-state index is 13.5. The number of carbonyl (C=O) groups excluding carboxylic acids is 1. The molecule has 2 rings (SSSR count). The van der Waals surface area contributed by atoms with Crippen molar-refractivity contribution >= 4 is 23.3 Å². The van der Waals surface area contributed by atoms with Gasteiger partial charge in [-0.1, -0.05) is 42.8 Å². The molecule has 0 radical (unpaired) electrons. The van der Waals surface area contributed by atoms with Gasteiger partial charge in [0.25, 0.3) is 0 Å². The van der Waals surface area contributed by atoms with Gasteiger partial charge in [0.15, 0.2) is 0 Å². The SMILES string of the molecule is CCc1ccccc1NC(=O)NC(CO)c1ccc(Cl)c(F)c1. The molecule has 4 nitrogen and oxygen atoms in total. The monoisotopic (exact) mass is 336 g/mol. The van der Waals surface area contributed by atoms with Crippen LogP contribution in [0.15, 0.2) is 42.5 Å². The minimum atomic E-state index is -0.726. The van der Waals surface area contributed by atoms with E-state index in [-0.39, 0.29) is 11.6 Å². The van der Waals surface area contributed by atoms with E-state index in [0.717, 1.165) is 12.0 Å². The van der Waals surface area contributed by atoms with Crippen molar-refractivity contribution in [3.63, 3.8) is 0 Å². The molecule has 122 valence electrons. The Labute approximate surface area is 139 Å². The van der Waals surface area contributed by atoms with E-state index in [1.807, 2.05) is 25.1 Å². The number of benzene rings is 2. The van der Waals surface area contributed by atoms with Gasteiger partial charge in [0.2, 0.25) is 0 Å². The van der Waals surface area contributed by atoms with Crippen LogP contribution >= 0.6 is 11.6 Å². The van der Waals surface area contributed by atoms with Gasteiger partial charge in [0.05, 0.1) is 17.7 Å². The summed E-state index contributed by atoms with van der Waals surface area (Å²) in [5.74, 6) is -0.596. The number of hydrogen-bond donors (Lipinski definition) is 3. The molecule has 2 amide bonds. The third kappa shape index (κ3) is 4.43. The first-order chi connectivity index (χ1) is 11.0. The number of aryl methyl sites for hydroxylation is 1. The van der Waals surface area contributed by atoms with Gasteiger partial charge in [0.1, 0.15) is 5.82 Å². The summed E-state index contributed by atoms with van der Waals surface area (Å²) >= 11 is 5.64. The molecule has 0 spiro atoms. The highest BCUT2D eigenvalue weighted by Gasteiger charge is 2.16. The molecule has 0 heterocycles. The number of anilines is 1. The van der Waals surface area contributed by atoms with E-state index in [2.05, 4.69) is 10.6 Å². The lowest BCUT2D eigenvalue weighted by Gasteiger charge is -2.18. The predicted molar refractivity (Wildman–Crippen MR) is 89.2 cm³/mol. The van der Waals surface area contributed by atoms with Crippen molar-refractivity contribution in [2.45, 2.75) is 19.4 Å². The highest BCUT2D eigenvalue weighted by Crippen LogP contribution is 2.21. The Morgan fingerprint density at radius 2 is 2.04 bits per heavy atom. The van der Waals surface area contributed by atoms with Crippen LogP contribution in [-0.4, -0.2) is 17.7 Å². The zero-order valence-corrected chi connectivity index (χ0v) is 13.4. The Morgan fingerprint density at radius 1 is 1.30 bits per heavy atom. The Kier molecular flexibility index (Phi) is 5.96. The fraction of sp³-hybridized carbons (Fsp3) is 0.235. The smallest absolute Gasteiger partial charge is 0.319 e. The van der Waals surface area contributed by atoms with Crippen molar-refractivity contribution in [3.8, 4) is 0 Å². The summed E-state index contributed by atoms with van der Waals surface area (Å²) in [4.78, 5) is 12.1. The molecule has 0 saturated carbocycles. The Bertz CT molecular complexity index is 694. The minimum Gasteiger partial charge on any atom is -0.394 e. The average Bonchev–Trinajstić information content (AvgIpc) is 2.55. The van der Waals surface area contributed by atoms with Crippen molar-refractivity contribution in [2.75, 3.05) is 11.9 Å². The quantitative estimate of drug-likeness (QED) is 0.775. The number of nitrogens with one attached hydrogen (secondary N) is 2. The lowest BCUT2D eigenvalue weighted by atomic mass is 10.1. The van der Waals surface area contributed by atoms with Gasteiger partial charge < -0.3 is 15.7 Å². The topological polar surface area (TPSA) is 61.4 Å². The highest BCUT2D eigenvalue weighted by atomic mass is 35.5. The molecular formula is C17H18ClFN2O2. The average molecular weight is 337 g/mol. The molecule has 0 fully saturated rings. The van der Waals surface area contributed by atoms with Gasteiger partial charge in [0, 0.05) is 5.69 Å². The molecule has 2 aromatic carbocycles. The number of para-hydroxylation sites is 1. The van der Waals surface area contributed by atoms with Crippen LogP contribution in [-0.2, 0) is 6.42 Å². The molecular weight excluding hydrogens is 319 g/mol. The number of carbonyl (C=O) groups is 1. The van der Waals surface area contributed by atoms with Crippen molar-refractivity contribution in [1.29, 1.82) is 0 Å². The second-order valence-electron chi connectivity index (χ2n) is 5.02. The molecule has 0 aromatic heterocycles. The molecule has 0 aliphatic carbocycles. The molecule has 0 aliphatic rings. The van der Waals surface area contributed by atoms with Crippen molar-refractivity contribution in [3.05, 3.63) is 64.4 Å². The predicted octanol–water partition coefficient (Wildman–Crippen LogP) is 3.90. The fourth-order valence-electron chi connectivity index (χ4n) is 2.23. The second kappa shape index (κ2) is 7.94. The van der Waals surface area contributed by atoms with Gasteiger partial charge in [-0.05, 0) is 35.7 Å². The molecule has 6 heteroatoms. The summed E-state index contributed by atoms with van der Waals surface area (Å²) in [6.45, 7) is 1.63. The second-order valence-corrected chi connectivity index (χ2v) is 5.43. The molecule has 0 bridgehead atoms. The zero-order valence-electron chi connectivity index (χ0n) is 12.6. The molecule has 2 aromatic rings. The van der Waals surface area contributed by atoms with Crippen LogP contribution in [0.4, 0.5) is 14.9 Å². The first-order valence-electron chi connectivity index (χ1n) is 7.26. The Hall–Kier alpha value is -2.11. The van der Waals surface area contributed by atoms with Crippen LogP contribution in [0.3, 0.4) is 0 Å². The molecule has 0 saturated heterocycles. The van der Waals surface area contributed by atoms with E-state index >= 15 is 0 Å². The van der Waals surface area contributed by atoms with Gasteiger partial charge in [-0.3, -0.25) is 0 Å². The standard InChI is InChI=1S/C17H18ClFN2O2/c1-2-11-5-3-4-6-15(11)20-17(23)21-16(10-22)12-7-8-13(18)14(19)9-12/h3-9,16,22H,2,10H2,1H3,(H2,20,21,23). The molecule has 23 heavy (non-hydrogen) atoms. The van der Waals surface area contributed by atoms with Crippen molar-refractivity contribution in [2.24, 2.45) is 0 Å². The number of hydrogen-bond acceptors (Lipinski definition) is 2. The van der Waals surface area contributed by atoms with E-state index in [9.17, 15) is 14.3 Å². The van der Waals surface area contributed by atoms with E-state index in [4.69, 9.17) is 11.6 Å². The van der Waals surface area contributed by atoms with Crippen molar-refractivity contribution in [1.82, 2.24) is 5.32 Å². The number of halogens is 2. The van der Waals surface area contributed by atoms with E-state index in [1.54, 1.807) is 12.1 Å². The van der Waals surface area contributed by atoms with Crippen LogP contribution in [0.25, 0.3) is 0 Å². The van der Waals surface area contributed by atoms with Crippen LogP contribution in [0.2, 0.25) is 5.02 Å². The lowest BCUT2D eigenvalue weighted by molar-refractivity contribution is 0.225. The Morgan fingerprint density at radius 3 is 2.70 bits per heavy atom. The molecule has 3 N–H and O–H groups in total. The number of urea groups is 1. The normalized spacial score (nSPS) is 11.8. The van der Waals surface area contributed by atoms with Crippen LogP contribution < -0.4 is 10.6 Å². The molecule has 1 atom stereocenters. The largest absolute Gasteiger partial charge is 0.394 e. The first kappa shape index (κ1) is 17.2. The van der Waals surface area contributed by atoms with Gasteiger partial charge >= 0.3 is 6.03 Å². The van der Waals surface area contributed by atoms with Crippen LogP contribution in [0.5, 0.6) is 0 Å². The van der Waals surface area contributed by atoms with E-state index in [0.29, 0.717) is 11.3 Å². The van der Waals surface area contributed by atoms with E-state index < -0.39 is 17.9 Å². The molecule has 0 aliphatic heterocycles. The maximum atomic E-state index is 13.5. The Balaban J connectivity index is 2.09. The number of aliphatic hydroxyl groups is 1. The van der Waals surface area contributed by atoms with Gasteiger partial charge in [-0.25, -0.2) is 9.18 Å². The van der Waals surface area contributed by atoms with Crippen LogP contribution in [0, 0.1) is 5.82 Å². The maximum Gasteiger partial charge on any atom is 0.319 e. The minimum absolute atomic E-state index is 0.00763. The van der Waals surface area contributed by atoms with Crippen LogP contribution in [0.1, 0.15) is 24.1 Å². The van der Waals surface area contributed by atoms with Gasteiger partial charge in [-0.2, -0.15) is 0 Å².